The molecule has 0 aliphatic carbocycles. The van der Waals surface area contributed by atoms with Crippen LogP contribution < -0.4 is 10.5 Å². The highest BCUT2D eigenvalue weighted by Gasteiger charge is 2.13. The zero-order chi connectivity index (χ0) is 15.4. The van der Waals surface area contributed by atoms with Gasteiger partial charge in [0.15, 0.2) is 0 Å². The van der Waals surface area contributed by atoms with E-state index in [4.69, 9.17) is 17.3 Å². The molecule has 0 amide bonds. The van der Waals surface area contributed by atoms with Crippen LogP contribution in [0, 0.1) is 5.82 Å². The molecule has 0 aliphatic heterocycles. The van der Waals surface area contributed by atoms with E-state index in [9.17, 15) is 13.2 Å². The van der Waals surface area contributed by atoms with Crippen LogP contribution in [0.3, 0.4) is 0 Å². The Balaban J connectivity index is 2.09. The van der Waals surface area contributed by atoms with Gasteiger partial charge in [-0.25, -0.2) is 4.39 Å². The Morgan fingerprint density at radius 1 is 1.10 bits per heavy atom. The van der Waals surface area contributed by atoms with Crippen LogP contribution in [0.4, 0.5) is 13.2 Å². The van der Waals surface area contributed by atoms with Crippen LogP contribution in [-0.4, -0.2) is 6.61 Å². The summed E-state index contributed by atoms with van der Waals surface area (Å²) in [7, 11) is 0. The van der Waals surface area contributed by atoms with Gasteiger partial charge in [0.25, 0.3) is 0 Å². The first-order valence-electron chi connectivity index (χ1n) is 6.20. The molecule has 1 atom stereocenters. The third-order valence-corrected chi connectivity index (χ3v) is 3.30. The maximum atomic E-state index is 13.8. The number of hydrogen-bond acceptors (Lipinski definition) is 2. The second kappa shape index (κ2) is 6.83. The normalized spacial score (nSPS) is 12.5. The SMILES string of the molecule is NC(Cc1cccc(Cl)c1F)c1ccc(OC(F)F)cc1. The molecule has 0 aromatic heterocycles. The fraction of sp³-hybridized carbons (Fsp3) is 0.200. The summed E-state index contributed by atoms with van der Waals surface area (Å²) in [4.78, 5) is 0. The number of alkyl halides is 2. The molecule has 6 heteroatoms. The predicted molar refractivity (Wildman–Crippen MR) is 75.1 cm³/mol. The van der Waals surface area contributed by atoms with Crippen molar-refractivity contribution in [1.82, 2.24) is 0 Å². The van der Waals surface area contributed by atoms with Gasteiger partial charge in [-0.3, -0.25) is 0 Å². The average molecular weight is 316 g/mol. The van der Waals surface area contributed by atoms with Crippen molar-refractivity contribution in [3.8, 4) is 5.75 Å². The van der Waals surface area contributed by atoms with Gasteiger partial charge in [0, 0.05) is 6.04 Å². The smallest absolute Gasteiger partial charge is 0.387 e. The molecule has 0 saturated carbocycles. The molecule has 2 N–H and O–H groups in total. The fourth-order valence-electron chi connectivity index (χ4n) is 1.96. The quantitative estimate of drug-likeness (QED) is 0.891. The van der Waals surface area contributed by atoms with E-state index in [1.807, 2.05) is 0 Å². The number of rotatable bonds is 5. The summed E-state index contributed by atoms with van der Waals surface area (Å²) >= 11 is 5.71. The third kappa shape index (κ3) is 4.12. The Hall–Kier alpha value is -1.72. The maximum Gasteiger partial charge on any atom is 0.387 e. The molecule has 0 aliphatic rings. The molecule has 21 heavy (non-hydrogen) atoms. The highest BCUT2D eigenvalue weighted by atomic mass is 35.5. The van der Waals surface area contributed by atoms with Crippen LogP contribution in [0.25, 0.3) is 0 Å². The predicted octanol–water partition coefficient (Wildman–Crippen LogP) is 4.32. The van der Waals surface area contributed by atoms with Crippen LogP contribution in [0.2, 0.25) is 5.02 Å². The molecule has 0 spiro atoms. The summed E-state index contributed by atoms with van der Waals surface area (Å²) in [6.45, 7) is -2.87. The molecule has 0 radical (unpaired) electrons. The van der Waals surface area contributed by atoms with Gasteiger partial charge < -0.3 is 10.5 Å². The van der Waals surface area contributed by atoms with Gasteiger partial charge in [-0.05, 0) is 35.7 Å². The average Bonchev–Trinajstić information content (AvgIpc) is 2.44. The van der Waals surface area contributed by atoms with Crippen LogP contribution in [-0.2, 0) is 6.42 Å². The Morgan fingerprint density at radius 3 is 2.38 bits per heavy atom. The molecule has 0 saturated heterocycles. The van der Waals surface area contributed by atoms with E-state index in [2.05, 4.69) is 4.74 Å². The molecule has 2 rings (SSSR count). The second-order valence-corrected chi connectivity index (χ2v) is 4.88. The topological polar surface area (TPSA) is 35.2 Å². The van der Waals surface area contributed by atoms with E-state index in [1.165, 1.54) is 18.2 Å². The van der Waals surface area contributed by atoms with E-state index in [0.717, 1.165) is 0 Å². The summed E-state index contributed by atoms with van der Waals surface area (Å²) in [5, 5.41) is 0.0420. The van der Waals surface area contributed by atoms with Crippen LogP contribution >= 0.6 is 11.6 Å². The summed E-state index contributed by atoms with van der Waals surface area (Å²) in [6.07, 6.45) is 0.251. The lowest BCUT2D eigenvalue weighted by Gasteiger charge is -2.14. The molecular weight excluding hydrogens is 303 g/mol. The standard InChI is InChI=1S/C15H13ClF3NO/c16-12-3-1-2-10(14(12)17)8-13(20)9-4-6-11(7-5-9)21-15(18)19/h1-7,13,15H,8,20H2. The minimum absolute atomic E-state index is 0.0420. The van der Waals surface area contributed by atoms with E-state index in [-0.39, 0.29) is 17.2 Å². The molecule has 2 aromatic rings. The first-order valence-corrected chi connectivity index (χ1v) is 6.58. The number of halogens is 4. The van der Waals surface area contributed by atoms with Crippen molar-refractivity contribution in [2.45, 2.75) is 19.1 Å². The van der Waals surface area contributed by atoms with Crippen LogP contribution in [0.1, 0.15) is 17.2 Å². The second-order valence-electron chi connectivity index (χ2n) is 4.47. The summed E-state index contributed by atoms with van der Waals surface area (Å²) < 4.78 is 42.1. The van der Waals surface area contributed by atoms with Crippen molar-refractivity contribution in [1.29, 1.82) is 0 Å². The van der Waals surface area contributed by atoms with Crippen molar-refractivity contribution in [3.05, 3.63) is 64.4 Å². The van der Waals surface area contributed by atoms with Gasteiger partial charge in [0.1, 0.15) is 11.6 Å². The highest BCUT2D eigenvalue weighted by Crippen LogP contribution is 2.24. The fourth-order valence-corrected chi connectivity index (χ4v) is 2.15. The van der Waals surface area contributed by atoms with Crippen molar-refractivity contribution >= 4 is 11.6 Å². The molecule has 2 aromatic carbocycles. The van der Waals surface area contributed by atoms with Crippen molar-refractivity contribution in [2.24, 2.45) is 5.73 Å². The minimum Gasteiger partial charge on any atom is -0.435 e. The molecule has 0 fully saturated rings. The number of hydrogen-bond donors (Lipinski definition) is 1. The molecule has 2 nitrogen and oxygen atoms in total. The monoisotopic (exact) mass is 315 g/mol. The van der Waals surface area contributed by atoms with E-state index >= 15 is 0 Å². The van der Waals surface area contributed by atoms with Crippen molar-refractivity contribution in [2.75, 3.05) is 0 Å². The lowest BCUT2D eigenvalue weighted by molar-refractivity contribution is -0.0498. The lowest BCUT2D eigenvalue weighted by atomic mass is 9.99. The number of benzene rings is 2. The Bertz CT molecular complexity index is 604. The van der Waals surface area contributed by atoms with Gasteiger partial charge in [-0.1, -0.05) is 35.9 Å². The Labute approximate surface area is 125 Å². The first kappa shape index (κ1) is 15.7. The van der Waals surface area contributed by atoms with Gasteiger partial charge in [0.2, 0.25) is 0 Å². The molecule has 1 unspecified atom stereocenters. The summed E-state index contributed by atoms with van der Waals surface area (Å²) in [5.41, 5.74) is 7.09. The van der Waals surface area contributed by atoms with E-state index in [1.54, 1.807) is 24.3 Å². The summed E-state index contributed by atoms with van der Waals surface area (Å²) in [5.74, 6) is -0.442. The zero-order valence-electron chi connectivity index (χ0n) is 10.9. The van der Waals surface area contributed by atoms with Crippen LogP contribution in [0.15, 0.2) is 42.5 Å². The van der Waals surface area contributed by atoms with Crippen molar-refractivity contribution < 1.29 is 17.9 Å². The highest BCUT2D eigenvalue weighted by molar-refractivity contribution is 6.30. The largest absolute Gasteiger partial charge is 0.435 e. The van der Waals surface area contributed by atoms with Crippen LogP contribution in [0.5, 0.6) is 5.75 Å². The number of nitrogens with two attached hydrogens (primary N) is 1. The first-order chi connectivity index (χ1) is 9.97. The van der Waals surface area contributed by atoms with Gasteiger partial charge in [-0.2, -0.15) is 8.78 Å². The molecule has 112 valence electrons. The Morgan fingerprint density at radius 2 is 1.76 bits per heavy atom. The maximum absolute atomic E-state index is 13.8. The molecule has 0 heterocycles. The van der Waals surface area contributed by atoms with Gasteiger partial charge >= 0.3 is 6.61 Å². The molecular formula is C15H13ClF3NO. The van der Waals surface area contributed by atoms with Gasteiger partial charge in [0.05, 0.1) is 5.02 Å². The minimum atomic E-state index is -2.87. The number of ether oxygens (including phenoxy) is 1. The van der Waals surface area contributed by atoms with E-state index in [0.29, 0.717) is 11.1 Å². The van der Waals surface area contributed by atoms with E-state index < -0.39 is 18.5 Å². The lowest BCUT2D eigenvalue weighted by Crippen LogP contribution is -2.14. The molecule has 0 bridgehead atoms. The zero-order valence-corrected chi connectivity index (χ0v) is 11.7. The van der Waals surface area contributed by atoms with Gasteiger partial charge in [-0.15, -0.1) is 0 Å². The Kier molecular flexibility index (Phi) is 5.09. The summed E-state index contributed by atoms with van der Waals surface area (Å²) in [6, 6.07) is 10.2. The third-order valence-electron chi connectivity index (χ3n) is 3.00. The van der Waals surface area contributed by atoms with Crippen molar-refractivity contribution in [3.63, 3.8) is 0 Å².